The summed E-state index contributed by atoms with van der Waals surface area (Å²) in [6.07, 6.45) is -24.1. The molecule has 0 bridgehead atoms. The van der Waals surface area contributed by atoms with E-state index in [2.05, 4.69) is 0 Å². The second-order valence-corrected chi connectivity index (χ2v) is 8.32. The molecule has 0 radical (unpaired) electrons. The predicted molar refractivity (Wildman–Crippen MR) is 99.8 cm³/mol. The Kier molecular flexibility index (Phi) is 8.99. The maximum absolute atomic E-state index is 10.6. The average molecular weight is 488 g/mol. The molecule has 3 saturated heterocycles. The van der Waals surface area contributed by atoms with E-state index in [9.17, 15) is 51.1 Å². The van der Waals surface area contributed by atoms with E-state index in [1.165, 1.54) is 6.92 Å². The maximum atomic E-state index is 10.6. The molecule has 3 heterocycles. The molecule has 0 aromatic heterocycles. The van der Waals surface area contributed by atoms with Gasteiger partial charge in [0.05, 0.1) is 19.3 Å². The SMILES string of the molecule is C[C@H]1O[C@H](O[C@H]2[C@H](O[C@H]3[C@H](O)[C@@H](O)[C@H](O)O[C@@H]3CO)O[C@H](CO)[C@H](O)[C@@H]2O)[C@H](O)[C@@H](O)[C@H]1O. The van der Waals surface area contributed by atoms with Crippen molar-refractivity contribution in [2.24, 2.45) is 0 Å². The molecule has 0 spiro atoms. The minimum atomic E-state index is -1.83. The van der Waals surface area contributed by atoms with Crippen molar-refractivity contribution in [2.45, 2.75) is 99.0 Å². The van der Waals surface area contributed by atoms with E-state index in [4.69, 9.17) is 23.7 Å². The summed E-state index contributed by atoms with van der Waals surface area (Å²) in [7, 11) is 0. The number of rotatable bonds is 6. The van der Waals surface area contributed by atoms with E-state index in [0.717, 1.165) is 0 Å². The fraction of sp³-hybridized carbons (Fsp3) is 1.00. The van der Waals surface area contributed by atoms with Gasteiger partial charge < -0.3 is 74.7 Å². The normalized spacial score (nSPS) is 53.7. The minimum Gasteiger partial charge on any atom is -0.394 e. The van der Waals surface area contributed by atoms with Crippen molar-refractivity contribution in [3.05, 3.63) is 0 Å². The lowest BCUT2D eigenvalue weighted by Crippen LogP contribution is -2.66. The van der Waals surface area contributed by atoms with E-state index in [-0.39, 0.29) is 0 Å². The van der Waals surface area contributed by atoms with Crippen LogP contribution in [-0.4, -0.2) is 156 Å². The van der Waals surface area contributed by atoms with Gasteiger partial charge in [-0.25, -0.2) is 0 Å². The molecule has 33 heavy (non-hydrogen) atoms. The summed E-state index contributed by atoms with van der Waals surface area (Å²) in [6.45, 7) is -0.128. The Balaban J connectivity index is 1.83. The van der Waals surface area contributed by atoms with E-state index in [0.29, 0.717) is 0 Å². The van der Waals surface area contributed by atoms with Gasteiger partial charge in [0.25, 0.3) is 0 Å². The maximum Gasteiger partial charge on any atom is 0.187 e. The van der Waals surface area contributed by atoms with Crippen LogP contribution in [0.3, 0.4) is 0 Å². The first-order chi connectivity index (χ1) is 15.5. The van der Waals surface area contributed by atoms with E-state index in [1.807, 2.05) is 0 Å². The van der Waals surface area contributed by atoms with Crippen LogP contribution < -0.4 is 0 Å². The number of hydrogen-bond donors (Lipinski definition) is 10. The van der Waals surface area contributed by atoms with Gasteiger partial charge in [-0.2, -0.15) is 0 Å². The van der Waals surface area contributed by atoms with Crippen LogP contribution in [0, 0.1) is 0 Å². The molecule has 0 aromatic rings. The first-order valence-corrected chi connectivity index (χ1v) is 10.4. The molecule has 0 unspecified atom stereocenters. The van der Waals surface area contributed by atoms with Gasteiger partial charge in [-0.05, 0) is 6.92 Å². The first-order valence-electron chi connectivity index (χ1n) is 10.4. The van der Waals surface area contributed by atoms with Crippen molar-refractivity contribution in [3.63, 3.8) is 0 Å². The fourth-order valence-corrected chi connectivity index (χ4v) is 3.98. The zero-order valence-corrected chi connectivity index (χ0v) is 17.6. The molecule has 15 nitrogen and oxygen atoms in total. The molecule has 3 fully saturated rings. The van der Waals surface area contributed by atoms with Crippen molar-refractivity contribution in [2.75, 3.05) is 13.2 Å². The summed E-state index contributed by atoms with van der Waals surface area (Å²) in [6, 6.07) is 0. The van der Waals surface area contributed by atoms with Crippen LogP contribution in [-0.2, 0) is 23.7 Å². The monoisotopic (exact) mass is 488 g/mol. The number of aliphatic hydroxyl groups excluding tert-OH is 10. The van der Waals surface area contributed by atoms with Gasteiger partial charge in [0.15, 0.2) is 18.9 Å². The molecule has 3 aliphatic rings. The number of hydrogen-bond acceptors (Lipinski definition) is 15. The lowest BCUT2D eigenvalue weighted by Gasteiger charge is -2.48. The van der Waals surface area contributed by atoms with Crippen molar-refractivity contribution in [1.82, 2.24) is 0 Å². The molecule has 10 N–H and O–H groups in total. The van der Waals surface area contributed by atoms with Crippen molar-refractivity contribution < 1.29 is 74.7 Å². The Morgan fingerprint density at radius 1 is 0.545 bits per heavy atom. The third-order valence-corrected chi connectivity index (χ3v) is 6.05. The Labute approximate surface area is 187 Å². The third kappa shape index (κ3) is 5.32. The largest absolute Gasteiger partial charge is 0.394 e. The highest BCUT2D eigenvalue weighted by Gasteiger charge is 2.53. The van der Waals surface area contributed by atoms with E-state index in [1.54, 1.807) is 0 Å². The van der Waals surface area contributed by atoms with Gasteiger partial charge in [0, 0.05) is 0 Å². The van der Waals surface area contributed by atoms with Crippen molar-refractivity contribution in [3.8, 4) is 0 Å². The van der Waals surface area contributed by atoms with Gasteiger partial charge in [-0.3, -0.25) is 0 Å². The molecule has 15 heteroatoms. The van der Waals surface area contributed by atoms with Gasteiger partial charge >= 0.3 is 0 Å². The highest BCUT2D eigenvalue weighted by molar-refractivity contribution is 4.95. The van der Waals surface area contributed by atoms with Crippen LogP contribution in [0.25, 0.3) is 0 Å². The molecule has 3 rings (SSSR count). The van der Waals surface area contributed by atoms with E-state index < -0.39 is 105 Å². The smallest absolute Gasteiger partial charge is 0.187 e. The molecule has 0 aliphatic carbocycles. The van der Waals surface area contributed by atoms with Gasteiger partial charge in [-0.1, -0.05) is 0 Å². The summed E-state index contributed by atoms with van der Waals surface area (Å²) in [5, 5.41) is 99.8. The molecule has 0 aromatic carbocycles. The Hall–Kier alpha value is -0.600. The molecule has 0 saturated carbocycles. The lowest BCUT2D eigenvalue weighted by atomic mass is 9.96. The standard InChI is InChI=1S/C18H32O15/c1-4-7(21)9(23)13(27)17(29-4)33-15-10(24)8(22)5(2-19)31-18(15)32-14-6(3-20)30-16(28)12(26)11(14)25/h4-28H,2-3H2,1H3/t4-,5-,6-,7+,8+,9+,10+,11-,12-,13-,14-,15-,16-,17-,18+/m1/s1. The van der Waals surface area contributed by atoms with Crippen molar-refractivity contribution in [1.29, 1.82) is 0 Å². The summed E-state index contributed by atoms with van der Waals surface area (Å²) in [5.74, 6) is 0. The Bertz CT molecular complexity index is 624. The summed E-state index contributed by atoms with van der Waals surface area (Å²) >= 11 is 0. The molecule has 0 amide bonds. The molecular weight excluding hydrogens is 456 g/mol. The highest BCUT2D eigenvalue weighted by atomic mass is 16.8. The molecule has 15 atom stereocenters. The highest BCUT2D eigenvalue weighted by Crippen LogP contribution is 2.32. The van der Waals surface area contributed by atoms with Gasteiger partial charge in [0.2, 0.25) is 0 Å². The fourth-order valence-electron chi connectivity index (χ4n) is 3.98. The first kappa shape index (κ1) is 27.0. The average Bonchev–Trinajstić information content (AvgIpc) is 2.80. The minimum absolute atomic E-state index is 0.760. The van der Waals surface area contributed by atoms with Crippen LogP contribution in [0.2, 0.25) is 0 Å². The quantitative estimate of drug-likeness (QED) is 0.167. The summed E-state index contributed by atoms with van der Waals surface area (Å²) in [5.41, 5.74) is 0. The lowest BCUT2D eigenvalue weighted by molar-refractivity contribution is -0.385. The second kappa shape index (κ2) is 11.0. The van der Waals surface area contributed by atoms with Crippen molar-refractivity contribution >= 4 is 0 Å². The predicted octanol–water partition coefficient (Wildman–Crippen LogP) is -6.55. The Morgan fingerprint density at radius 3 is 1.73 bits per heavy atom. The summed E-state index contributed by atoms with van der Waals surface area (Å²) < 4.78 is 26.9. The summed E-state index contributed by atoms with van der Waals surface area (Å²) in [4.78, 5) is 0. The van der Waals surface area contributed by atoms with Gasteiger partial charge in [0.1, 0.15) is 67.1 Å². The van der Waals surface area contributed by atoms with Crippen LogP contribution >= 0.6 is 0 Å². The topological polar surface area (TPSA) is 248 Å². The Morgan fingerprint density at radius 2 is 1.12 bits per heavy atom. The number of aliphatic hydroxyl groups is 10. The third-order valence-electron chi connectivity index (χ3n) is 6.05. The molecular formula is C18H32O15. The van der Waals surface area contributed by atoms with Crippen LogP contribution in [0.4, 0.5) is 0 Å². The number of ether oxygens (including phenoxy) is 5. The molecule has 194 valence electrons. The van der Waals surface area contributed by atoms with Crippen LogP contribution in [0.1, 0.15) is 6.92 Å². The zero-order valence-electron chi connectivity index (χ0n) is 17.6. The van der Waals surface area contributed by atoms with E-state index >= 15 is 0 Å². The van der Waals surface area contributed by atoms with Crippen LogP contribution in [0.15, 0.2) is 0 Å². The second-order valence-electron chi connectivity index (χ2n) is 8.32. The van der Waals surface area contributed by atoms with Crippen LogP contribution in [0.5, 0.6) is 0 Å². The molecule has 3 aliphatic heterocycles. The van der Waals surface area contributed by atoms with Gasteiger partial charge in [-0.15, -0.1) is 0 Å². The zero-order chi connectivity index (χ0) is 24.6.